The smallest absolute Gasteiger partial charge is 0.343 e. The molecule has 9 heteroatoms. The molecule has 1 aliphatic rings. The lowest BCUT2D eigenvalue weighted by Gasteiger charge is -2.12. The number of fused-ring (bicyclic) bond motifs is 2. The van der Waals surface area contributed by atoms with Gasteiger partial charge in [-0.25, -0.2) is 4.79 Å². The maximum Gasteiger partial charge on any atom is 0.343 e. The molecule has 0 unspecified atom stereocenters. The predicted molar refractivity (Wildman–Crippen MR) is 133 cm³/mol. The van der Waals surface area contributed by atoms with Gasteiger partial charge in [0.15, 0.2) is 5.82 Å². The minimum absolute atomic E-state index is 0.0515. The number of aromatic nitrogens is 3. The van der Waals surface area contributed by atoms with Crippen LogP contribution >= 0.6 is 0 Å². The van der Waals surface area contributed by atoms with E-state index < -0.39 is 10.9 Å². The van der Waals surface area contributed by atoms with E-state index in [1.54, 1.807) is 12.1 Å². The van der Waals surface area contributed by atoms with Gasteiger partial charge in [-0.15, -0.1) is 10.2 Å². The van der Waals surface area contributed by atoms with Crippen molar-refractivity contribution in [2.75, 3.05) is 0 Å². The van der Waals surface area contributed by atoms with E-state index in [4.69, 9.17) is 4.74 Å². The molecule has 36 heavy (non-hydrogen) atoms. The molecule has 5 rings (SSSR count). The van der Waals surface area contributed by atoms with E-state index in [0.717, 1.165) is 48.8 Å². The van der Waals surface area contributed by atoms with Crippen LogP contribution < -0.4 is 4.74 Å². The number of nitro benzene ring substituents is 1. The Bertz CT molecular complexity index is 1560. The normalized spacial score (nSPS) is 13.5. The third-order valence-electron chi connectivity index (χ3n) is 6.19. The standard InChI is InChI=1S/C27H21N5O4/c28-17-20(26-30-29-25-11-2-1-5-14-31(25)26)16-23-22-10-4-3-7-18(22)12-13-24(23)36-27(33)19-8-6-9-21(15-19)32(34)35/h3-4,6-10,12-13,15-16H,1-2,5,11,14H2. The number of nitriles is 1. The van der Waals surface area contributed by atoms with Gasteiger partial charge in [-0.2, -0.15) is 5.26 Å². The monoisotopic (exact) mass is 479 g/mol. The van der Waals surface area contributed by atoms with E-state index in [2.05, 4.69) is 16.3 Å². The summed E-state index contributed by atoms with van der Waals surface area (Å²) >= 11 is 0. The van der Waals surface area contributed by atoms with Gasteiger partial charge in [-0.05, 0) is 41.8 Å². The van der Waals surface area contributed by atoms with Gasteiger partial charge in [0.05, 0.1) is 16.1 Å². The summed E-state index contributed by atoms with van der Waals surface area (Å²) in [5.74, 6) is 0.837. The van der Waals surface area contributed by atoms with Crippen LogP contribution in [-0.4, -0.2) is 25.7 Å². The topological polar surface area (TPSA) is 124 Å². The summed E-state index contributed by atoms with van der Waals surface area (Å²) in [6.45, 7) is 0.737. The van der Waals surface area contributed by atoms with Gasteiger partial charge in [0.2, 0.25) is 0 Å². The minimum Gasteiger partial charge on any atom is -0.422 e. The van der Waals surface area contributed by atoms with Gasteiger partial charge in [-0.1, -0.05) is 42.8 Å². The number of esters is 1. The lowest BCUT2D eigenvalue weighted by Crippen LogP contribution is -2.10. The molecule has 0 saturated heterocycles. The third kappa shape index (κ3) is 4.44. The number of benzene rings is 3. The minimum atomic E-state index is -0.738. The molecule has 3 aromatic carbocycles. The molecule has 0 bridgehead atoms. The Labute approximate surface area is 206 Å². The van der Waals surface area contributed by atoms with Crippen LogP contribution in [-0.2, 0) is 13.0 Å². The number of nitro groups is 1. The lowest BCUT2D eigenvalue weighted by molar-refractivity contribution is -0.384. The second-order valence-electron chi connectivity index (χ2n) is 8.47. The van der Waals surface area contributed by atoms with Crippen molar-refractivity contribution in [2.45, 2.75) is 32.2 Å². The van der Waals surface area contributed by atoms with E-state index in [1.807, 2.05) is 34.9 Å². The highest BCUT2D eigenvalue weighted by Crippen LogP contribution is 2.33. The molecule has 0 aliphatic carbocycles. The van der Waals surface area contributed by atoms with Crippen molar-refractivity contribution >= 4 is 34.1 Å². The first kappa shape index (κ1) is 22.9. The number of aryl methyl sites for hydroxylation is 1. The van der Waals surface area contributed by atoms with Crippen LogP contribution in [0.2, 0.25) is 0 Å². The maximum absolute atomic E-state index is 12.9. The van der Waals surface area contributed by atoms with Crippen LogP contribution in [0.1, 0.15) is 46.8 Å². The molecule has 1 aromatic heterocycles. The Morgan fingerprint density at radius 3 is 2.78 bits per heavy atom. The van der Waals surface area contributed by atoms with Crippen LogP contribution in [0.5, 0.6) is 5.75 Å². The molecule has 9 nitrogen and oxygen atoms in total. The Balaban J connectivity index is 1.60. The fourth-order valence-corrected chi connectivity index (χ4v) is 4.39. The van der Waals surface area contributed by atoms with Gasteiger partial charge in [0.25, 0.3) is 5.69 Å². The fraction of sp³-hybridized carbons (Fsp3) is 0.185. The van der Waals surface area contributed by atoms with E-state index >= 15 is 0 Å². The van der Waals surface area contributed by atoms with Crippen molar-refractivity contribution in [3.05, 3.63) is 93.6 Å². The van der Waals surface area contributed by atoms with Gasteiger partial charge in [0, 0.05) is 30.7 Å². The number of non-ortho nitro benzene ring substituents is 1. The van der Waals surface area contributed by atoms with E-state index in [1.165, 1.54) is 24.3 Å². The fourth-order valence-electron chi connectivity index (χ4n) is 4.39. The summed E-state index contributed by atoms with van der Waals surface area (Å²) in [5.41, 5.74) is 0.687. The summed E-state index contributed by atoms with van der Waals surface area (Å²) in [6, 6.07) is 18.6. The highest BCUT2D eigenvalue weighted by atomic mass is 16.6. The van der Waals surface area contributed by atoms with Crippen LogP contribution in [0.25, 0.3) is 22.4 Å². The zero-order valence-electron chi connectivity index (χ0n) is 19.3. The van der Waals surface area contributed by atoms with Gasteiger partial charge < -0.3 is 9.30 Å². The van der Waals surface area contributed by atoms with Crippen molar-refractivity contribution in [1.82, 2.24) is 14.8 Å². The molecule has 1 aliphatic heterocycles. The molecule has 0 spiro atoms. The van der Waals surface area contributed by atoms with Crippen molar-refractivity contribution in [3.8, 4) is 11.8 Å². The highest BCUT2D eigenvalue weighted by Gasteiger charge is 2.20. The second kappa shape index (κ2) is 9.80. The number of hydrogen-bond donors (Lipinski definition) is 0. The number of hydrogen-bond acceptors (Lipinski definition) is 7. The molecule has 0 atom stereocenters. The van der Waals surface area contributed by atoms with E-state index in [9.17, 15) is 20.2 Å². The van der Waals surface area contributed by atoms with E-state index in [0.29, 0.717) is 17.0 Å². The summed E-state index contributed by atoms with van der Waals surface area (Å²) in [5, 5.41) is 31.5. The average molecular weight is 479 g/mol. The maximum atomic E-state index is 12.9. The number of nitrogens with zero attached hydrogens (tertiary/aromatic N) is 5. The van der Waals surface area contributed by atoms with Gasteiger partial charge in [0.1, 0.15) is 17.6 Å². The Kier molecular flexibility index (Phi) is 6.24. The van der Waals surface area contributed by atoms with E-state index in [-0.39, 0.29) is 17.0 Å². The van der Waals surface area contributed by atoms with Crippen LogP contribution in [0.15, 0.2) is 60.7 Å². The largest absolute Gasteiger partial charge is 0.422 e. The molecule has 2 heterocycles. The predicted octanol–water partition coefficient (Wildman–Crippen LogP) is 5.35. The first-order valence-corrected chi connectivity index (χ1v) is 11.6. The van der Waals surface area contributed by atoms with Crippen LogP contribution in [0, 0.1) is 21.4 Å². The summed E-state index contributed by atoms with van der Waals surface area (Å²) < 4.78 is 7.70. The van der Waals surface area contributed by atoms with Crippen LogP contribution in [0.4, 0.5) is 5.69 Å². The number of allylic oxidation sites excluding steroid dienone is 1. The van der Waals surface area contributed by atoms with Crippen LogP contribution in [0.3, 0.4) is 0 Å². The molecule has 0 saturated carbocycles. The Hall–Kier alpha value is -4.84. The molecule has 178 valence electrons. The Morgan fingerprint density at radius 1 is 1.08 bits per heavy atom. The number of rotatable bonds is 5. The zero-order chi connectivity index (χ0) is 25.1. The Morgan fingerprint density at radius 2 is 1.94 bits per heavy atom. The molecular formula is C27H21N5O4. The van der Waals surface area contributed by atoms with Gasteiger partial charge >= 0.3 is 5.97 Å². The van der Waals surface area contributed by atoms with Crippen molar-refractivity contribution in [1.29, 1.82) is 5.26 Å². The molecular weight excluding hydrogens is 458 g/mol. The van der Waals surface area contributed by atoms with Crippen molar-refractivity contribution in [3.63, 3.8) is 0 Å². The SMILES string of the molecule is N#CC(=Cc1c(OC(=O)c2cccc([N+](=O)[O-])c2)ccc2ccccc12)c1nnc2n1CCCCC2. The molecule has 0 fully saturated rings. The zero-order valence-corrected chi connectivity index (χ0v) is 19.3. The number of carbonyl (C=O) groups is 1. The number of carbonyl (C=O) groups excluding carboxylic acids is 1. The first-order valence-electron chi connectivity index (χ1n) is 11.6. The quantitative estimate of drug-likeness (QED) is 0.124. The molecule has 0 amide bonds. The van der Waals surface area contributed by atoms with Crippen molar-refractivity contribution < 1.29 is 14.5 Å². The third-order valence-corrected chi connectivity index (χ3v) is 6.19. The lowest BCUT2D eigenvalue weighted by atomic mass is 10.0. The summed E-state index contributed by atoms with van der Waals surface area (Å²) in [4.78, 5) is 23.5. The first-order chi connectivity index (χ1) is 17.5. The highest BCUT2D eigenvalue weighted by molar-refractivity contribution is 6.01. The summed E-state index contributed by atoms with van der Waals surface area (Å²) in [7, 11) is 0. The average Bonchev–Trinajstić information content (AvgIpc) is 3.15. The van der Waals surface area contributed by atoms with Crippen molar-refractivity contribution in [2.24, 2.45) is 0 Å². The summed E-state index contributed by atoms with van der Waals surface area (Å²) in [6.07, 6.45) is 5.59. The molecule has 0 N–H and O–H groups in total. The van der Waals surface area contributed by atoms with Gasteiger partial charge in [-0.3, -0.25) is 10.1 Å². The number of ether oxygens (including phenoxy) is 1. The second-order valence-corrected chi connectivity index (χ2v) is 8.47. The molecule has 0 radical (unpaired) electrons. The molecule has 4 aromatic rings.